The average Bonchev–Trinajstić information content (AvgIpc) is 3.05. The Morgan fingerprint density at radius 2 is 2.33 bits per heavy atom. The van der Waals surface area contributed by atoms with E-state index in [1.165, 1.54) is 0 Å². The Morgan fingerprint density at radius 3 is 3.04 bits per heavy atom. The fourth-order valence-electron chi connectivity index (χ4n) is 2.65. The molecule has 1 aromatic heterocycles. The van der Waals surface area contributed by atoms with Crippen LogP contribution in [0.15, 0.2) is 48.4 Å². The molecule has 5 heteroatoms. The summed E-state index contributed by atoms with van der Waals surface area (Å²) in [4.78, 5) is 14.4. The molecule has 0 bridgehead atoms. The van der Waals surface area contributed by atoms with E-state index in [0.717, 1.165) is 22.2 Å². The number of rotatable bonds is 4. The number of allylic oxidation sites excluding steroid dienone is 1. The number of fused-ring (bicyclic) bond motifs is 1. The highest BCUT2D eigenvalue weighted by molar-refractivity contribution is 5.88. The molecule has 0 unspecified atom stereocenters. The monoisotopic (exact) mass is 320 g/mol. The van der Waals surface area contributed by atoms with E-state index in [2.05, 4.69) is 26.3 Å². The summed E-state index contributed by atoms with van der Waals surface area (Å²) in [5.74, 6) is 2.71. The first kappa shape index (κ1) is 15.9. The van der Waals surface area contributed by atoms with Crippen molar-refractivity contribution in [3.05, 3.63) is 54.0 Å². The number of hydrogen-bond acceptors (Lipinski definition) is 3. The Bertz CT molecular complexity index is 867. The van der Waals surface area contributed by atoms with Crippen molar-refractivity contribution in [3.63, 3.8) is 0 Å². The van der Waals surface area contributed by atoms with Crippen molar-refractivity contribution in [1.29, 1.82) is 0 Å². The van der Waals surface area contributed by atoms with Crippen LogP contribution in [0.5, 0.6) is 0 Å². The van der Waals surface area contributed by atoms with Crippen LogP contribution in [0, 0.1) is 12.3 Å². The predicted molar refractivity (Wildman–Crippen MR) is 94.8 cm³/mol. The lowest BCUT2D eigenvalue weighted by atomic mass is 10.0. The standard InChI is InChI=1S/C19H20N4O/c1-4-19(2,3)23-10-8-15(9-11-23)21-18(24)12-14-6-5-7-17-16(14)13-20-22-17/h1,5-10,13H,11-12H2,2-3H3,(H,20,22)(H,21,24). The largest absolute Gasteiger partial charge is 0.358 e. The lowest BCUT2D eigenvalue weighted by Gasteiger charge is -2.34. The zero-order valence-electron chi connectivity index (χ0n) is 13.8. The van der Waals surface area contributed by atoms with Crippen LogP contribution in [0.25, 0.3) is 10.9 Å². The molecular weight excluding hydrogens is 300 g/mol. The van der Waals surface area contributed by atoms with Crippen molar-refractivity contribution >= 4 is 16.8 Å². The van der Waals surface area contributed by atoms with Gasteiger partial charge >= 0.3 is 0 Å². The lowest BCUT2D eigenvalue weighted by Crippen LogP contribution is -2.40. The van der Waals surface area contributed by atoms with Gasteiger partial charge in [-0.2, -0.15) is 5.10 Å². The van der Waals surface area contributed by atoms with Crippen LogP contribution in [-0.2, 0) is 11.2 Å². The maximum atomic E-state index is 12.3. The summed E-state index contributed by atoms with van der Waals surface area (Å²) >= 11 is 0. The van der Waals surface area contributed by atoms with Gasteiger partial charge < -0.3 is 10.2 Å². The molecule has 122 valence electrons. The van der Waals surface area contributed by atoms with Gasteiger partial charge in [0.15, 0.2) is 0 Å². The zero-order chi connectivity index (χ0) is 17.2. The summed E-state index contributed by atoms with van der Waals surface area (Å²) in [6, 6.07) is 5.81. The van der Waals surface area contributed by atoms with E-state index in [9.17, 15) is 4.79 Å². The number of terminal acetylenes is 1. The molecule has 1 aliphatic rings. The van der Waals surface area contributed by atoms with Crippen molar-refractivity contribution in [2.24, 2.45) is 0 Å². The summed E-state index contributed by atoms with van der Waals surface area (Å²) in [6.45, 7) is 4.64. The van der Waals surface area contributed by atoms with Gasteiger partial charge in [-0.15, -0.1) is 6.42 Å². The highest BCUT2D eigenvalue weighted by atomic mass is 16.1. The Kier molecular flexibility index (Phi) is 4.13. The molecule has 0 saturated heterocycles. The third-order valence-electron chi connectivity index (χ3n) is 4.22. The van der Waals surface area contributed by atoms with E-state index in [4.69, 9.17) is 6.42 Å². The molecule has 0 fully saturated rings. The third kappa shape index (κ3) is 3.18. The van der Waals surface area contributed by atoms with Crippen molar-refractivity contribution < 1.29 is 4.79 Å². The quantitative estimate of drug-likeness (QED) is 0.850. The number of H-pyrrole nitrogens is 1. The first-order valence-electron chi connectivity index (χ1n) is 7.83. The van der Waals surface area contributed by atoms with Gasteiger partial charge in [0.2, 0.25) is 5.91 Å². The number of hydrogen-bond donors (Lipinski definition) is 2. The second kappa shape index (κ2) is 6.25. The molecule has 5 nitrogen and oxygen atoms in total. The Labute approximate surface area is 141 Å². The number of aromatic nitrogens is 2. The van der Waals surface area contributed by atoms with Gasteiger partial charge in [0, 0.05) is 23.8 Å². The Morgan fingerprint density at radius 1 is 1.50 bits per heavy atom. The summed E-state index contributed by atoms with van der Waals surface area (Å²) in [5, 5.41) is 10.9. The zero-order valence-corrected chi connectivity index (χ0v) is 13.8. The van der Waals surface area contributed by atoms with Crippen molar-refractivity contribution in [2.45, 2.75) is 25.8 Å². The van der Waals surface area contributed by atoms with Gasteiger partial charge in [-0.05, 0) is 37.6 Å². The van der Waals surface area contributed by atoms with Crippen LogP contribution >= 0.6 is 0 Å². The maximum absolute atomic E-state index is 12.3. The normalized spacial score (nSPS) is 14.4. The first-order valence-corrected chi connectivity index (χ1v) is 7.83. The Hall–Kier alpha value is -3.00. The number of nitrogens with one attached hydrogen (secondary N) is 2. The van der Waals surface area contributed by atoms with Gasteiger partial charge in [0.1, 0.15) is 0 Å². The number of amides is 1. The van der Waals surface area contributed by atoms with Crippen LogP contribution in [0.1, 0.15) is 19.4 Å². The number of aromatic amines is 1. The number of carbonyl (C=O) groups excluding carboxylic acids is 1. The van der Waals surface area contributed by atoms with E-state index >= 15 is 0 Å². The van der Waals surface area contributed by atoms with Crippen LogP contribution in [0.3, 0.4) is 0 Å². The average molecular weight is 320 g/mol. The minimum atomic E-state index is -0.348. The minimum Gasteiger partial charge on any atom is -0.358 e. The van der Waals surface area contributed by atoms with E-state index < -0.39 is 0 Å². The summed E-state index contributed by atoms with van der Waals surface area (Å²) in [5.41, 5.74) is 2.33. The highest BCUT2D eigenvalue weighted by Crippen LogP contribution is 2.18. The van der Waals surface area contributed by atoms with Crippen LogP contribution in [0.4, 0.5) is 0 Å². The molecule has 24 heavy (non-hydrogen) atoms. The lowest BCUT2D eigenvalue weighted by molar-refractivity contribution is -0.119. The van der Waals surface area contributed by atoms with E-state index in [1.54, 1.807) is 6.20 Å². The molecule has 1 amide bonds. The molecule has 1 aliphatic heterocycles. The van der Waals surface area contributed by atoms with E-state index in [0.29, 0.717) is 13.0 Å². The smallest absolute Gasteiger partial charge is 0.228 e. The van der Waals surface area contributed by atoms with Crippen molar-refractivity contribution in [3.8, 4) is 12.3 Å². The Balaban J connectivity index is 1.64. The van der Waals surface area contributed by atoms with E-state index in [1.807, 2.05) is 50.4 Å². The number of nitrogens with zero attached hydrogens (tertiary/aromatic N) is 2. The first-order chi connectivity index (χ1) is 11.5. The van der Waals surface area contributed by atoms with Gasteiger partial charge in [-0.25, -0.2) is 0 Å². The van der Waals surface area contributed by atoms with Crippen LogP contribution < -0.4 is 5.32 Å². The SMILES string of the molecule is C#CC(C)(C)N1C=CC(NC(=O)Cc2cccc3[nH]ncc23)=CC1. The molecule has 2 N–H and O–H groups in total. The summed E-state index contributed by atoms with van der Waals surface area (Å²) in [7, 11) is 0. The molecule has 1 aromatic carbocycles. The van der Waals surface area contributed by atoms with Gasteiger partial charge in [-0.1, -0.05) is 18.1 Å². The molecule has 2 heterocycles. The number of carbonyl (C=O) groups is 1. The minimum absolute atomic E-state index is 0.0516. The third-order valence-corrected chi connectivity index (χ3v) is 4.22. The molecule has 0 saturated carbocycles. The number of benzene rings is 1. The molecule has 3 rings (SSSR count). The highest BCUT2D eigenvalue weighted by Gasteiger charge is 2.22. The summed E-state index contributed by atoms with van der Waals surface area (Å²) < 4.78 is 0. The molecule has 2 aromatic rings. The molecule has 0 atom stereocenters. The van der Waals surface area contributed by atoms with Crippen LogP contribution in [0.2, 0.25) is 0 Å². The van der Waals surface area contributed by atoms with Gasteiger partial charge in [0.25, 0.3) is 0 Å². The second-order valence-electron chi connectivity index (χ2n) is 6.30. The molecule has 0 radical (unpaired) electrons. The fourth-order valence-corrected chi connectivity index (χ4v) is 2.65. The molecule has 0 aliphatic carbocycles. The topological polar surface area (TPSA) is 61.0 Å². The molecular formula is C19H20N4O. The predicted octanol–water partition coefficient (Wildman–Crippen LogP) is 2.35. The van der Waals surface area contributed by atoms with Crippen molar-refractivity contribution in [2.75, 3.05) is 6.54 Å². The molecule has 0 spiro atoms. The maximum Gasteiger partial charge on any atom is 0.228 e. The second-order valence-corrected chi connectivity index (χ2v) is 6.30. The van der Waals surface area contributed by atoms with Gasteiger partial charge in [0.05, 0.1) is 23.7 Å². The fraction of sp³-hybridized carbons (Fsp3) is 0.263. The van der Waals surface area contributed by atoms with E-state index in [-0.39, 0.29) is 11.4 Å². The van der Waals surface area contributed by atoms with Crippen LogP contribution in [-0.4, -0.2) is 33.1 Å². The summed E-state index contributed by atoms with van der Waals surface area (Å²) in [6.07, 6.45) is 13.4. The van der Waals surface area contributed by atoms with Gasteiger partial charge in [-0.3, -0.25) is 9.89 Å². The van der Waals surface area contributed by atoms with Crippen molar-refractivity contribution in [1.82, 2.24) is 20.4 Å².